The Morgan fingerprint density at radius 1 is 1.05 bits per heavy atom. The van der Waals surface area contributed by atoms with Crippen LogP contribution in [-0.2, 0) is 19.1 Å². The average Bonchev–Trinajstić information content (AvgIpc) is 3.30. The minimum absolute atomic E-state index is 0.136. The number of carboxylic acid groups (broad SMARTS) is 1. The third-order valence-electron chi connectivity index (χ3n) is 4.56. The Morgan fingerprint density at radius 3 is 2.35 bits per heavy atom. The van der Waals surface area contributed by atoms with Crippen LogP contribution in [0.25, 0.3) is 0 Å². The SMILES string of the molecule is O=COC1(CCCCCOCCC2(C(=O)O)CC2)CC1. The molecule has 2 aliphatic carbocycles. The minimum Gasteiger partial charge on any atom is -0.481 e. The number of carbonyl (C=O) groups excluding carboxylic acids is 1. The predicted molar refractivity (Wildman–Crippen MR) is 72.3 cm³/mol. The molecule has 0 amide bonds. The second-order valence-electron chi connectivity index (χ2n) is 6.16. The van der Waals surface area contributed by atoms with Gasteiger partial charge in [-0.1, -0.05) is 6.42 Å². The molecule has 5 heteroatoms. The van der Waals surface area contributed by atoms with Crippen molar-refractivity contribution in [2.45, 2.75) is 63.4 Å². The van der Waals surface area contributed by atoms with Gasteiger partial charge in [0.25, 0.3) is 6.47 Å². The number of rotatable bonds is 12. The quantitative estimate of drug-likeness (QED) is 0.440. The monoisotopic (exact) mass is 284 g/mol. The van der Waals surface area contributed by atoms with Crippen LogP contribution >= 0.6 is 0 Å². The van der Waals surface area contributed by atoms with Gasteiger partial charge in [-0.15, -0.1) is 0 Å². The highest BCUT2D eigenvalue weighted by atomic mass is 16.5. The summed E-state index contributed by atoms with van der Waals surface area (Å²) in [5.41, 5.74) is -0.604. The highest BCUT2D eigenvalue weighted by Crippen LogP contribution is 2.48. The van der Waals surface area contributed by atoms with Crippen LogP contribution in [-0.4, -0.2) is 36.4 Å². The Hall–Kier alpha value is -1.10. The van der Waals surface area contributed by atoms with E-state index in [1.165, 1.54) is 0 Å². The first kappa shape index (κ1) is 15.3. The molecule has 2 aliphatic rings. The largest absolute Gasteiger partial charge is 0.481 e. The topological polar surface area (TPSA) is 72.8 Å². The van der Waals surface area contributed by atoms with Gasteiger partial charge in [-0.3, -0.25) is 9.59 Å². The van der Waals surface area contributed by atoms with Crippen molar-refractivity contribution in [3.63, 3.8) is 0 Å². The van der Waals surface area contributed by atoms with E-state index in [1.807, 2.05) is 0 Å². The average molecular weight is 284 g/mol. The molecular weight excluding hydrogens is 260 g/mol. The van der Waals surface area contributed by atoms with Crippen molar-refractivity contribution in [1.29, 1.82) is 0 Å². The second kappa shape index (κ2) is 6.57. The molecule has 0 atom stereocenters. The van der Waals surface area contributed by atoms with E-state index in [0.717, 1.165) is 51.4 Å². The van der Waals surface area contributed by atoms with Crippen molar-refractivity contribution in [3.05, 3.63) is 0 Å². The van der Waals surface area contributed by atoms with E-state index in [-0.39, 0.29) is 5.60 Å². The van der Waals surface area contributed by atoms with Gasteiger partial charge in [0.05, 0.1) is 5.41 Å². The van der Waals surface area contributed by atoms with Gasteiger partial charge in [-0.2, -0.15) is 0 Å². The summed E-state index contributed by atoms with van der Waals surface area (Å²) in [5.74, 6) is -0.675. The van der Waals surface area contributed by atoms with Gasteiger partial charge in [0.2, 0.25) is 0 Å². The Balaban J connectivity index is 1.41. The Bertz CT molecular complexity index is 344. The number of hydrogen-bond donors (Lipinski definition) is 1. The summed E-state index contributed by atoms with van der Waals surface area (Å²) < 4.78 is 10.6. The van der Waals surface area contributed by atoms with E-state index in [9.17, 15) is 9.59 Å². The number of hydrogen-bond acceptors (Lipinski definition) is 4. The van der Waals surface area contributed by atoms with Gasteiger partial charge in [-0.25, -0.2) is 0 Å². The number of carbonyl (C=O) groups is 2. The molecule has 0 saturated heterocycles. The fraction of sp³-hybridized carbons (Fsp3) is 0.867. The summed E-state index contributed by atoms with van der Waals surface area (Å²) >= 11 is 0. The molecule has 0 radical (unpaired) electrons. The van der Waals surface area contributed by atoms with Crippen LogP contribution in [0.3, 0.4) is 0 Å². The lowest BCUT2D eigenvalue weighted by atomic mass is 10.0. The predicted octanol–water partition coefficient (Wildman–Crippen LogP) is 2.52. The second-order valence-corrected chi connectivity index (χ2v) is 6.16. The van der Waals surface area contributed by atoms with E-state index in [0.29, 0.717) is 26.1 Å². The van der Waals surface area contributed by atoms with Crippen LogP contribution in [0.15, 0.2) is 0 Å². The molecule has 0 unspecified atom stereocenters. The minimum atomic E-state index is -0.675. The maximum absolute atomic E-state index is 10.9. The number of ether oxygens (including phenoxy) is 2. The zero-order valence-electron chi connectivity index (χ0n) is 11.9. The first-order valence-electron chi connectivity index (χ1n) is 7.55. The summed E-state index contributed by atoms with van der Waals surface area (Å²) in [6, 6.07) is 0. The van der Waals surface area contributed by atoms with Crippen LogP contribution in [0.4, 0.5) is 0 Å². The Morgan fingerprint density at radius 2 is 1.80 bits per heavy atom. The molecule has 0 spiro atoms. The van der Waals surface area contributed by atoms with Gasteiger partial charge in [0, 0.05) is 13.2 Å². The van der Waals surface area contributed by atoms with E-state index < -0.39 is 11.4 Å². The van der Waals surface area contributed by atoms with Crippen LogP contribution in [0.2, 0.25) is 0 Å². The molecule has 2 saturated carbocycles. The van der Waals surface area contributed by atoms with Crippen molar-refractivity contribution in [2.75, 3.05) is 13.2 Å². The molecule has 0 aromatic heterocycles. The molecule has 2 fully saturated rings. The van der Waals surface area contributed by atoms with Gasteiger partial charge < -0.3 is 14.6 Å². The van der Waals surface area contributed by atoms with Crippen LogP contribution < -0.4 is 0 Å². The van der Waals surface area contributed by atoms with E-state index in [1.54, 1.807) is 0 Å². The van der Waals surface area contributed by atoms with Gasteiger partial charge in [0.1, 0.15) is 5.60 Å². The molecule has 20 heavy (non-hydrogen) atoms. The maximum atomic E-state index is 10.9. The van der Waals surface area contributed by atoms with Crippen molar-refractivity contribution in [2.24, 2.45) is 5.41 Å². The maximum Gasteiger partial charge on any atom is 0.309 e. The fourth-order valence-corrected chi connectivity index (χ4v) is 2.59. The van der Waals surface area contributed by atoms with E-state index in [4.69, 9.17) is 14.6 Å². The molecular formula is C15H24O5. The van der Waals surface area contributed by atoms with Crippen LogP contribution in [0.5, 0.6) is 0 Å². The summed E-state index contributed by atoms with van der Waals surface area (Å²) in [6.45, 7) is 1.80. The van der Waals surface area contributed by atoms with Gasteiger partial charge in [-0.05, 0) is 51.4 Å². The first-order chi connectivity index (χ1) is 9.63. The summed E-state index contributed by atoms with van der Waals surface area (Å²) in [4.78, 5) is 21.3. The number of aliphatic carboxylic acids is 1. The van der Waals surface area contributed by atoms with Crippen molar-refractivity contribution in [3.8, 4) is 0 Å². The lowest BCUT2D eigenvalue weighted by Crippen LogP contribution is -2.17. The van der Waals surface area contributed by atoms with E-state index >= 15 is 0 Å². The summed E-state index contributed by atoms with van der Waals surface area (Å²) in [6.07, 6.45) is 8.28. The van der Waals surface area contributed by atoms with Gasteiger partial charge in [0.15, 0.2) is 0 Å². The molecule has 0 aromatic carbocycles. The summed E-state index contributed by atoms with van der Waals surface area (Å²) in [7, 11) is 0. The van der Waals surface area contributed by atoms with Gasteiger partial charge >= 0.3 is 5.97 Å². The smallest absolute Gasteiger partial charge is 0.309 e. The first-order valence-corrected chi connectivity index (χ1v) is 7.55. The highest BCUT2D eigenvalue weighted by molar-refractivity contribution is 5.77. The number of carboxylic acids is 1. The fourth-order valence-electron chi connectivity index (χ4n) is 2.59. The third kappa shape index (κ3) is 4.20. The molecule has 114 valence electrons. The Kier molecular flexibility index (Phi) is 5.02. The molecule has 2 rings (SSSR count). The van der Waals surface area contributed by atoms with Crippen molar-refractivity contribution < 1.29 is 24.2 Å². The lowest BCUT2D eigenvalue weighted by Gasteiger charge is -2.12. The molecule has 0 bridgehead atoms. The van der Waals surface area contributed by atoms with Crippen LogP contribution in [0.1, 0.15) is 57.8 Å². The highest BCUT2D eigenvalue weighted by Gasteiger charge is 2.49. The van der Waals surface area contributed by atoms with Crippen LogP contribution in [0, 0.1) is 5.41 Å². The standard InChI is InChI=1S/C15H24O5/c16-12-20-15(7-8-15)4-2-1-3-10-19-11-9-14(5-6-14)13(17)18/h12H,1-11H2,(H,17,18). The van der Waals surface area contributed by atoms with Crippen molar-refractivity contribution >= 4 is 12.4 Å². The molecule has 0 aliphatic heterocycles. The summed E-state index contributed by atoms with van der Waals surface area (Å²) in [5, 5.41) is 9.01. The molecule has 1 N–H and O–H groups in total. The Labute approximate surface area is 119 Å². The zero-order valence-corrected chi connectivity index (χ0v) is 11.9. The number of unbranched alkanes of at least 4 members (excludes halogenated alkanes) is 2. The molecule has 5 nitrogen and oxygen atoms in total. The molecule has 0 aromatic rings. The normalized spacial score (nSPS) is 21.2. The van der Waals surface area contributed by atoms with E-state index in [2.05, 4.69) is 0 Å². The molecule has 0 heterocycles. The van der Waals surface area contributed by atoms with Crippen molar-refractivity contribution in [1.82, 2.24) is 0 Å². The zero-order chi connectivity index (χ0) is 14.5. The third-order valence-corrected chi connectivity index (χ3v) is 4.56. The lowest BCUT2D eigenvalue weighted by molar-refractivity contribution is -0.144.